The summed E-state index contributed by atoms with van der Waals surface area (Å²) in [6, 6.07) is 7.63. The molecule has 1 saturated carbocycles. The molecular weight excluding hydrogens is 520 g/mol. The first-order valence-electron chi connectivity index (χ1n) is 8.68. The third-order valence-corrected chi connectivity index (χ3v) is 6.71. The van der Waals surface area contributed by atoms with Crippen molar-refractivity contribution in [2.24, 2.45) is 5.92 Å². The van der Waals surface area contributed by atoms with Crippen molar-refractivity contribution in [3.63, 3.8) is 0 Å². The highest BCUT2D eigenvalue weighted by atomic mass is 35.5. The molecule has 11 heteroatoms. The third-order valence-electron chi connectivity index (χ3n) is 4.68. The average Bonchev–Trinajstić information content (AvgIpc) is 3.23. The number of carbonyl (C=O) groups excluding carboxylic acids is 1. The van der Waals surface area contributed by atoms with E-state index in [0.29, 0.717) is 15.6 Å². The molecule has 162 valence electrons. The highest BCUT2D eigenvalue weighted by Crippen LogP contribution is 2.66. The summed E-state index contributed by atoms with van der Waals surface area (Å²) in [5, 5.41) is 17.0. The van der Waals surface area contributed by atoms with Crippen molar-refractivity contribution in [1.29, 1.82) is 0 Å². The van der Waals surface area contributed by atoms with Crippen molar-refractivity contribution in [1.82, 2.24) is 5.32 Å². The molecule has 30 heavy (non-hydrogen) atoms. The number of hydrogen-bond acceptors (Lipinski definition) is 3. The SMILES string of the molecule is O=C(NCCF)c1cc(NC(O)C2C(c3cc(Cl)cc(Cl)c3)C2(Cl)Cl)c(Cl)cc1Cl. The van der Waals surface area contributed by atoms with E-state index < -0.39 is 35.0 Å². The average molecular weight is 535 g/mol. The lowest BCUT2D eigenvalue weighted by molar-refractivity contribution is 0.0951. The van der Waals surface area contributed by atoms with Gasteiger partial charge in [0.25, 0.3) is 5.91 Å². The normalized spacial score (nSPS) is 20.5. The summed E-state index contributed by atoms with van der Waals surface area (Å²) in [4.78, 5) is 12.2. The summed E-state index contributed by atoms with van der Waals surface area (Å²) in [6.45, 7) is -0.874. The molecule has 1 fully saturated rings. The van der Waals surface area contributed by atoms with Gasteiger partial charge in [-0.2, -0.15) is 0 Å². The van der Waals surface area contributed by atoms with E-state index >= 15 is 0 Å². The molecule has 1 amide bonds. The van der Waals surface area contributed by atoms with Crippen LogP contribution >= 0.6 is 69.6 Å². The Balaban J connectivity index is 1.82. The molecule has 1 aliphatic rings. The second-order valence-electron chi connectivity index (χ2n) is 6.73. The topological polar surface area (TPSA) is 61.4 Å². The van der Waals surface area contributed by atoms with E-state index in [2.05, 4.69) is 10.6 Å². The van der Waals surface area contributed by atoms with E-state index in [0.717, 1.165) is 0 Å². The number of rotatable bonds is 7. The van der Waals surface area contributed by atoms with Gasteiger partial charge < -0.3 is 15.7 Å². The number of hydrogen-bond donors (Lipinski definition) is 3. The van der Waals surface area contributed by atoms with Crippen LogP contribution in [0, 0.1) is 5.92 Å². The highest BCUT2D eigenvalue weighted by Gasteiger charge is 2.67. The van der Waals surface area contributed by atoms with Crippen LogP contribution in [-0.2, 0) is 0 Å². The standard InChI is InChI=1S/C19H15Cl6FN2O2/c20-9-3-8(4-10(21)5-9)15-16(19(15,24)25)18(30)28-14-6-11(12(22)7-13(14)23)17(29)27-2-1-26/h3-7,15-16,18,28,30H,1-2H2,(H,27,29). The number of benzene rings is 2. The molecule has 0 heterocycles. The fourth-order valence-electron chi connectivity index (χ4n) is 3.27. The summed E-state index contributed by atoms with van der Waals surface area (Å²) >= 11 is 37.2. The molecular formula is C19H15Cl6FN2O2. The number of nitrogens with one attached hydrogen (secondary N) is 2. The Bertz CT molecular complexity index is 954. The zero-order chi connectivity index (χ0) is 22.2. The minimum absolute atomic E-state index is 0.0706. The van der Waals surface area contributed by atoms with E-state index in [9.17, 15) is 14.3 Å². The summed E-state index contributed by atoms with van der Waals surface area (Å²) in [6.07, 6.45) is -1.22. The fourth-order valence-corrected chi connectivity index (χ4v) is 5.22. The van der Waals surface area contributed by atoms with Crippen LogP contribution in [0.1, 0.15) is 21.8 Å². The number of amides is 1. The van der Waals surface area contributed by atoms with Gasteiger partial charge in [0, 0.05) is 28.4 Å². The molecule has 2 aromatic rings. The second-order valence-corrected chi connectivity index (χ2v) is 9.86. The minimum atomic E-state index is -1.28. The third kappa shape index (κ3) is 5.04. The minimum Gasteiger partial charge on any atom is -0.373 e. The lowest BCUT2D eigenvalue weighted by Crippen LogP contribution is -2.27. The van der Waals surface area contributed by atoms with E-state index in [1.54, 1.807) is 18.2 Å². The van der Waals surface area contributed by atoms with Gasteiger partial charge in [-0.15, -0.1) is 23.2 Å². The van der Waals surface area contributed by atoms with Crippen LogP contribution in [0.2, 0.25) is 20.1 Å². The van der Waals surface area contributed by atoms with Gasteiger partial charge in [-0.05, 0) is 35.9 Å². The van der Waals surface area contributed by atoms with E-state index in [1.807, 2.05) is 0 Å². The number of anilines is 1. The summed E-state index contributed by atoms with van der Waals surface area (Å²) in [5.74, 6) is -1.64. The summed E-state index contributed by atoms with van der Waals surface area (Å²) < 4.78 is 11.0. The van der Waals surface area contributed by atoms with Gasteiger partial charge in [0.15, 0.2) is 0 Å². The first-order valence-corrected chi connectivity index (χ1v) is 10.9. The first kappa shape index (κ1) is 24.0. The lowest BCUT2D eigenvalue weighted by Gasteiger charge is -2.17. The van der Waals surface area contributed by atoms with Crippen LogP contribution in [0.25, 0.3) is 0 Å². The smallest absolute Gasteiger partial charge is 0.252 e. The van der Waals surface area contributed by atoms with Gasteiger partial charge in [0.2, 0.25) is 0 Å². The Hall–Kier alpha value is -0.660. The monoisotopic (exact) mass is 532 g/mol. The maximum Gasteiger partial charge on any atom is 0.252 e. The molecule has 2 aromatic carbocycles. The van der Waals surface area contributed by atoms with Gasteiger partial charge in [0.05, 0.1) is 21.3 Å². The zero-order valence-corrected chi connectivity index (χ0v) is 19.6. The summed E-state index contributed by atoms with van der Waals surface area (Å²) in [7, 11) is 0. The Morgan fingerprint density at radius 1 is 1.07 bits per heavy atom. The highest BCUT2D eigenvalue weighted by molar-refractivity contribution is 6.52. The van der Waals surface area contributed by atoms with Crippen molar-refractivity contribution in [2.45, 2.75) is 16.5 Å². The number of alkyl halides is 3. The molecule has 1 aliphatic carbocycles. The zero-order valence-electron chi connectivity index (χ0n) is 15.0. The van der Waals surface area contributed by atoms with Gasteiger partial charge in [-0.1, -0.05) is 46.4 Å². The van der Waals surface area contributed by atoms with Crippen molar-refractivity contribution in [3.05, 3.63) is 61.5 Å². The van der Waals surface area contributed by atoms with E-state index in [-0.39, 0.29) is 27.8 Å². The van der Waals surface area contributed by atoms with Crippen LogP contribution in [0.5, 0.6) is 0 Å². The van der Waals surface area contributed by atoms with E-state index in [4.69, 9.17) is 69.6 Å². The van der Waals surface area contributed by atoms with Crippen molar-refractivity contribution < 1.29 is 14.3 Å². The Morgan fingerprint density at radius 3 is 2.30 bits per heavy atom. The van der Waals surface area contributed by atoms with Crippen molar-refractivity contribution in [2.75, 3.05) is 18.5 Å². The Labute approximate surface area is 202 Å². The number of aliphatic hydroxyl groups is 1. The lowest BCUT2D eigenvalue weighted by atomic mass is 10.1. The molecule has 0 spiro atoms. The van der Waals surface area contributed by atoms with Gasteiger partial charge >= 0.3 is 0 Å². The molecule has 3 atom stereocenters. The Kier molecular flexibility index (Phi) is 7.56. The summed E-state index contributed by atoms with van der Waals surface area (Å²) in [5.41, 5.74) is 0.982. The molecule has 4 nitrogen and oxygen atoms in total. The molecule has 3 unspecified atom stereocenters. The molecule has 0 radical (unpaired) electrons. The fraction of sp³-hybridized carbons (Fsp3) is 0.316. The van der Waals surface area contributed by atoms with E-state index in [1.165, 1.54) is 12.1 Å². The molecule has 0 bridgehead atoms. The van der Waals surface area contributed by atoms with Crippen LogP contribution < -0.4 is 10.6 Å². The molecule has 0 aliphatic heterocycles. The second kappa shape index (κ2) is 9.45. The number of aliphatic hydroxyl groups excluding tert-OH is 1. The molecule has 3 rings (SSSR count). The maximum absolute atomic E-state index is 12.3. The quantitative estimate of drug-likeness (QED) is 0.288. The predicted octanol–water partition coefficient (Wildman–Crippen LogP) is 6.32. The van der Waals surface area contributed by atoms with Crippen LogP contribution in [-0.4, -0.2) is 34.8 Å². The van der Waals surface area contributed by atoms with Crippen LogP contribution in [0.3, 0.4) is 0 Å². The van der Waals surface area contributed by atoms with Crippen LogP contribution in [0.15, 0.2) is 30.3 Å². The number of carbonyl (C=O) groups is 1. The first-order chi connectivity index (χ1) is 14.1. The molecule has 3 N–H and O–H groups in total. The Morgan fingerprint density at radius 2 is 1.70 bits per heavy atom. The van der Waals surface area contributed by atoms with Gasteiger partial charge in [-0.3, -0.25) is 4.79 Å². The van der Waals surface area contributed by atoms with Gasteiger partial charge in [-0.25, -0.2) is 4.39 Å². The van der Waals surface area contributed by atoms with Crippen molar-refractivity contribution >= 4 is 81.2 Å². The maximum atomic E-state index is 12.3. The van der Waals surface area contributed by atoms with Crippen LogP contribution in [0.4, 0.5) is 10.1 Å². The predicted molar refractivity (Wildman–Crippen MR) is 122 cm³/mol. The largest absolute Gasteiger partial charge is 0.373 e. The van der Waals surface area contributed by atoms with Gasteiger partial charge in [0.1, 0.15) is 17.2 Å². The molecule has 0 saturated heterocycles. The molecule has 0 aromatic heterocycles. The van der Waals surface area contributed by atoms with Crippen molar-refractivity contribution in [3.8, 4) is 0 Å². The number of halogens is 7.